The van der Waals surface area contributed by atoms with E-state index in [1.165, 1.54) is 0 Å². The summed E-state index contributed by atoms with van der Waals surface area (Å²) >= 11 is 5.86. The molecule has 1 heterocycles. The number of halogens is 1. The molecule has 3 nitrogen and oxygen atoms in total. The van der Waals surface area contributed by atoms with Gasteiger partial charge in [0.05, 0.1) is 9.30 Å². The van der Waals surface area contributed by atoms with Gasteiger partial charge < -0.3 is 4.74 Å². The Labute approximate surface area is 93.7 Å². The van der Waals surface area contributed by atoms with Gasteiger partial charge in [0, 0.05) is 14.9 Å². The van der Waals surface area contributed by atoms with Gasteiger partial charge in [-0.05, 0) is 12.9 Å². The Morgan fingerprint density at radius 3 is 3.00 bits per heavy atom. The molecule has 0 aliphatic carbocycles. The Bertz CT molecular complexity index is 616. The molecule has 0 amide bonds. The maximum absolute atomic E-state index is 7.43. The fourth-order valence-corrected chi connectivity index (χ4v) is 1.37. The minimum Gasteiger partial charge on any atom is -0.476 e. The van der Waals surface area contributed by atoms with Crippen LogP contribution in [0.4, 0.5) is 0 Å². The maximum atomic E-state index is 7.43. The average Bonchev–Trinajstić information content (AvgIpc) is 2.32. The van der Waals surface area contributed by atoms with Crippen molar-refractivity contribution in [2.24, 2.45) is 0 Å². The van der Waals surface area contributed by atoms with Gasteiger partial charge in [-0.1, -0.05) is 29.8 Å². The van der Waals surface area contributed by atoms with Crippen LogP contribution in [-0.4, -0.2) is 16.8 Å². The van der Waals surface area contributed by atoms with Crippen LogP contribution in [0.25, 0.3) is 10.8 Å². The van der Waals surface area contributed by atoms with Gasteiger partial charge in [-0.2, -0.15) is 0 Å². The van der Waals surface area contributed by atoms with Gasteiger partial charge in [0.15, 0.2) is 5.15 Å². The summed E-state index contributed by atoms with van der Waals surface area (Å²) in [5.74, 6) is -0.207. The lowest BCUT2D eigenvalue weighted by Crippen LogP contribution is -1.97. The fraction of sp³-hybridized carbons (Fsp3) is 0.200. The summed E-state index contributed by atoms with van der Waals surface area (Å²) in [7, 11) is 0. The molecule has 0 saturated carbocycles. The summed E-state index contributed by atoms with van der Waals surface area (Å²) in [5.41, 5.74) is 0. The summed E-state index contributed by atoms with van der Waals surface area (Å²) in [6.45, 7) is -5.80. The average molecular weight is 214 g/mol. The molecule has 0 unspecified atom stereocenters. The molecule has 0 saturated heterocycles. The Hall–Kier alpha value is -1.35. The Balaban J connectivity index is 2.51. The molecule has 2 rings (SSSR count). The molecule has 14 heavy (non-hydrogen) atoms. The Morgan fingerprint density at radius 1 is 1.43 bits per heavy atom. The molecule has 1 aromatic carbocycles. The number of nitrogens with zero attached hydrogens (tertiary/aromatic N) is 2. The third kappa shape index (κ3) is 1.51. The molecule has 0 spiro atoms. The highest BCUT2D eigenvalue weighted by molar-refractivity contribution is 6.34. The number of rotatable bonds is 2. The zero-order valence-corrected chi connectivity index (χ0v) is 7.75. The number of benzene rings is 1. The first-order chi connectivity index (χ1) is 8.72. The maximum Gasteiger partial charge on any atom is 0.241 e. The Morgan fingerprint density at radius 2 is 2.21 bits per heavy atom. The van der Waals surface area contributed by atoms with Gasteiger partial charge in [-0.25, -0.2) is 0 Å². The summed E-state index contributed by atoms with van der Waals surface area (Å²) in [4.78, 5) is 0. The third-order valence-electron chi connectivity index (χ3n) is 1.76. The highest BCUT2D eigenvalue weighted by atomic mass is 35.5. The highest BCUT2D eigenvalue weighted by Gasteiger charge is 2.06. The molecule has 1 aromatic heterocycles. The SMILES string of the molecule is [2H]C([2H])([2H])C([2H])([2H])Oc1nnc(Cl)c2ccccc12. The topological polar surface area (TPSA) is 35.0 Å². The van der Waals surface area contributed by atoms with Crippen molar-refractivity contribution in [1.29, 1.82) is 0 Å². The van der Waals surface area contributed by atoms with E-state index in [9.17, 15) is 0 Å². The quantitative estimate of drug-likeness (QED) is 0.770. The number of ether oxygens (including phenoxy) is 1. The predicted molar refractivity (Wildman–Crippen MR) is 55.7 cm³/mol. The molecular formula is C10H9ClN2O. The smallest absolute Gasteiger partial charge is 0.241 e. The van der Waals surface area contributed by atoms with Crippen molar-refractivity contribution in [1.82, 2.24) is 10.2 Å². The van der Waals surface area contributed by atoms with E-state index in [0.717, 1.165) is 0 Å². The molecule has 0 aliphatic heterocycles. The van der Waals surface area contributed by atoms with Gasteiger partial charge in [-0.15, -0.1) is 10.2 Å². The van der Waals surface area contributed by atoms with E-state index in [2.05, 4.69) is 10.2 Å². The summed E-state index contributed by atoms with van der Waals surface area (Å²) in [6.07, 6.45) is 0. The second-order valence-corrected chi connectivity index (χ2v) is 2.90. The lowest BCUT2D eigenvalue weighted by molar-refractivity contribution is 0.327. The van der Waals surface area contributed by atoms with Gasteiger partial charge in [0.1, 0.15) is 0 Å². The van der Waals surface area contributed by atoms with Gasteiger partial charge >= 0.3 is 0 Å². The second-order valence-electron chi connectivity index (χ2n) is 2.55. The van der Waals surface area contributed by atoms with Gasteiger partial charge in [-0.3, -0.25) is 0 Å². The zero-order chi connectivity index (χ0) is 14.3. The fourth-order valence-electron chi connectivity index (χ4n) is 1.17. The van der Waals surface area contributed by atoms with Crippen molar-refractivity contribution in [2.75, 3.05) is 6.56 Å². The molecule has 0 N–H and O–H groups in total. The van der Waals surface area contributed by atoms with E-state index >= 15 is 0 Å². The number of fused-ring (bicyclic) bond motifs is 1. The van der Waals surface area contributed by atoms with Gasteiger partial charge in [0.25, 0.3) is 0 Å². The molecular weight excluding hydrogens is 200 g/mol. The first-order valence-corrected chi connectivity index (χ1v) is 4.20. The van der Waals surface area contributed by atoms with Crippen LogP contribution in [0, 0.1) is 0 Å². The van der Waals surface area contributed by atoms with Crippen LogP contribution in [0.5, 0.6) is 5.88 Å². The Kier molecular flexibility index (Phi) is 1.34. The number of hydrogen-bond acceptors (Lipinski definition) is 3. The minimum absolute atomic E-state index is 0.136. The highest BCUT2D eigenvalue weighted by Crippen LogP contribution is 2.26. The van der Waals surface area contributed by atoms with Gasteiger partial charge in [0.2, 0.25) is 5.88 Å². The number of aromatic nitrogens is 2. The minimum atomic E-state index is -2.94. The van der Waals surface area contributed by atoms with Crippen molar-refractivity contribution >= 4 is 22.4 Å². The van der Waals surface area contributed by atoms with Crippen LogP contribution in [-0.2, 0) is 0 Å². The molecule has 0 fully saturated rings. The van der Waals surface area contributed by atoms with Crippen LogP contribution < -0.4 is 4.74 Å². The molecule has 0 atom stereocenters. The van der Waals surface area contributed by atoms with Crippen molar-refractivity contribution in [3.8, 4) is 5.88 Å². The normalized spacial score (nSPS) is 17.6. The van der Waals surface area contributed by atoms with E-state index in [0.29, 0.717) is 10.8 Å². The monoisotopic (exact) mass is 213 g/mol. The largest absolute Gasteiger partial charge is 0.476 e. The van der Waals surface area contributed by atoms with E-state index in [4.69, 9.17) is 23.2 Å². The van der Waals surface area contributed by atoms with E-state index in [1.807, 2.05) is 0 Å². The first-order valence-electron chi connectivity index (χ1n) is 6.32. The van der Waals surface area contributed by atoms with E-state index in [1.54, 1.807) is 24.3 Å². The first kappa shape index (κ1) is 4.94. The summed E-state index contributed by atoms with van der Waals surface area (Å²) < 4.78 is 41.0. The standard InChI is InChI=1S/C10H9ClN2O/c1-2-14-10-8-6-4-3-5-7(8)9(11)12-13-10/h3-6H,2H2,1H3/i1D3,2D2. The molecule has 0 aliphatic rings. The van der Waals surface area contributed by atoms with Crippen molar-refractivity contribution in [3.63, 3.8) is 0 Å². The molecule has 0 bridgehead atoms. The van der Waals surface area contributed by atoms with E-state index < -0.39 is 13.4 Å². The number of hydrogen-bond donors (Lipinski definition) is 0. The molecule has 0 radical (unpaired) electrons. The molecule has 72 valence electrons. The lowest BCUT2D eigenvalue weighted by atomic mass is 10.2. The summed E-state index contributed by atoms with van der Waals surface area (Å²) in [6, 6.07) is 6.65. The van der Waals surface area contributed by atoms with Crippen molar-refractivity contribution in [3.05, 3.63) is 29.4 Å². The van der Waals surface area contributed by atoms with Crippen LogP contribution in [0.1, 0.15) is 13.7 Å². The van der Waals surface area contributed by atoms with Crippen LogP contribution in [0.3, 0.4) is 0 Å². The predicted octanol–water partition coefficient (Wildman–Crippen LogP) is 2.68. The van der Waals surface area contributed by atoms with Crippen LogP contribution in [0.2, 0.25) is 5.15 Å². The van der Waals surface area contributed by atoms with Crippen molar-refractivity contribution < 1.29 is 11.6 Å². The second kappa shape index (κ2) is 3.80. The van der Waals surface area contributed by atoms with Crippen LogP contribution in [0.15, 0.2) is 24.3 Å². The van der Waals surface area contributed by atoms with Crippen molar-refractivity contribution in [2.45, 2.75) is 6.85 Å². The van der Waals surface area contributed by atoms with E-state index in [-0.39, 0.29) is 11.0 Å². The zero-order valence-electron chi connectivity index (χ0n) is 12.0. The third-order valence-corrected chi connectivity index (χ3v) is 2.04. The molecule has 2 aromatic rings. The summed E-state index contributed by atoms with van der Waals surface area (Å²) in [5, 5.41) is 8.27. The lowest BCUT2D eigenvalue weighted by Gasteiger charge is -2.05. The van der Waals surface area contributed by atoms with Crippen LogP contribution >= 0.6 is 11.6 Å². The molecule has 4 heteroatoms.